The smallest absolute Gasteiger partial charge is 0.251 e. The van der Waals surface area contributed by atoms with Gasteiger partial charge in [-0.15, -0.1) is 0 Å². The molecule has 0 bridgehead atoms. The molecule has 6 nitrogen and oxygen atoms in total. The number of nitriles is 1. The number of imidazole rings is 1. The van der Waals surface area contributed by atoms with Crippen molar-refractivity contribution in [2.75, 3.05) is 6.54 Å². The van der Waals surface area contributed by atoms with Gasteiger partial charge in [0.25, 0.3) is 5.91 Å². The Bertz CT molecular complexity index is 953. The van der Waals surface area contributed by atoms with Gasteiger partial charge in [-0.25, -0.2) is 4.98 Å². The molecule has 0 atom stereocenters. The van der Waals surface area contributed by atoms with Gasteiger partial charge in [0.05, 0.1) is 17.5 Å². The summed E-state index contributed by atoms with van der Waals surface area (Å²) in [6, 6.07) is 13.4. The molecule has 6 heteroatoms. The monoisotopic (exact) mass is 361 g/mol. The topological polar surface area (TPSA) is 82.2 Å². The zero-order chi connectivity index (χ0) is 19.1. The summed E-state index contributed by atoms with van der Waals surface area (Å²) >= 11 is 0. The van der Waals surface area contributed by atoms with Gasteiger partial charge >= 0.3 is 0 Å². The normalized spacial score (nSPS) is 10.7. The van der Waals surface area contributed by atoms with Crippen LogP contribution in [0.3, 0.4) is 0 Å². The molecule has 0 fully saturated rings. The quantitative estimate of drug-likeness (QED) is 0.604. The third-order valence-electron chi connectivity index (χ3n) is 4.38. The van der Waals surface area contributed by atoms with Crippen molar-refractivity contribution in [3.8, 4) is 6.07 Å². The maximum Gasteiger partial charge on any atom is 0.251 e. The zero-order valence-corrected chi connectivity index (χ0v) is 15.4. The summed E-state index contributed by atoms with van der Waals surface area (Å²) in [5, 5.41) is 15.3. The number of fused-ring (bicyclic) bond motifs is 1. The molecule has 0 spiro atoms. The van der Waals surface area contributed by atoms with Gasteiger partial charge in [0.1, 0.15) is 11.7 Å². The van der Waals surface area contributed by atoms with E-state index in [1.54, 1.807) is 12.3 Å². The molecule has 27 heavy (non-hydrogen) atoms. The SMILES string of the molecule is CCCCNC(=O)c1ccc(CNCc2cnc3ccc(C#N)cn23)cc1. The average Bonchev–Trinajstić information content (AvgIpc) is 3.11. The Hall–Kier alpha value is -3.17. The van der Waals surface area contributed by atoms with Crippen LogP contribution in [0.15, 0.2) is 48.8 Å². The maximum absolute atomic E-state index is 12.0. The fraction of sp³-hybridized carbons (Fsp3) is 0.286. The number of carbonyl (C=O) groups is 1. The molecule has 0 saturated carbocycles. The summed E-state index contributed by atoms with van der Waals surface area (Å²) in [6.07, 6.45) is 5.67. The zero-order valence-electron chi connectivity index (χ0n) is 15.4. The Kier molecular flexibility index (Phi) is 6.18. The van der Waals surface area contributed by atoms with E-state index in [0.29, 0.717) is 30.8 Å². The standard InChI is InChI=1S/C21H23N5O/c1-2-3-10-24-21(27)18-7-4-16(5-8-18)12-23-13-19-14-25-20-9-6-17(11-22)15-26(19)20/h4-9,14-15,23H,2-3,10,12-13H2,1H3,(H,24,27). The van der Waals surface area contributed by atoms with Gasteiger partial charge in [-0.05, 0) is 36.2 Å². The Morgan fingerprint density at radius 2 is 2.00 bits per heavy atom. The van der Waals surface area contributed by atoms with E-state index in [4.69, 9.17) is 5.26 Å². The van der Waals surface area contributed by atoms with E-state index in [9.17, 15) is 4.79 Å². The van der Waals surface area contributed by atoms with Gasteiger partial charge in [0.2, 0.25) is 0 Å². The second kappa shape index (κ2) is 8.97. The number of rotatable bonds is 8. The number of carbonyl (C=O) groups excluding carboxylic acids is 1. The Morgan fingerprint density at radius 3 is 2.74 bits per heavy atom. The van der Waals surface area contributed by atoms with Crippen LogP contribution in [0, 0.1) is 11.3 Å². The third-order valence-corrected chi connectivity index (χ3v) is 4.38. The molecular formula is C21H23N5O. The number of hydrogen-bond acceptors (Lipinski definition) is 4. The van der Waals surface area contributed by atoms with E-state index in [1.165, 1.54) is 0 Å². The first kappa shape index (κ1) is 18.6. The van der Waals surface area contributed by atoms with Gasteiger partial charge in [-0.3, -0.25) is 4.79 Å². The summed E-state index contributed by atoms with van der Waals surface area (Å²) < 4.78 is 1.93. The predicted molar refractivity (Wildman–Crippen MR) is 104 cm³/mol. The Morgan fingerprint density at radius 1 is 1.19 bits per heavy atom. The van der Waals surface area contributed by atoms with Crippen molar-refractivity contribution in [3.05, 3.63) is 71.2 Å². The molecule has 2 N–H and O–H groups in total. The summed E-state index contributed by atoms with van der Waals surface area (Å²) in [5.74, 6) is -0.0259. The van der Waals surface area contributed by atoms with Gasteiger partial charge in [0.15, 0.2) is 0 Å². The van der Waals surface area contributed by atoms with Crippen LogP contribution in [0.25, 0.3) is 5.65 Å². The number of nitrogens with one attached hydrogen (secondary N) is 2. The van der Waals surface area contributed by atoms with Gasteiger partial charge < -0.3 is 15.0 Å². The van der Waals surface area contributed by atoms with Gasteiger partial charge in [-0.2, -0.15) is 5.26 Å². The highest BCUT2D eigenvalue weighted by Crippen LogP contribution is 2.10. The summed E-state index contributed by atoms with van der Waals surface area (Å²) in [4.78, 5) is 16.4. The molecular weight excluding hydrogens is 338 g/mol. The first-order chi connectivity index (χ1) is 13.2. The minimum Gasteiger partial charge on any atom is -0.352 e. The lowest BCUT2D eigenvalue weighted by Crippen LogP contribution is -2.24. The molecule has 0 aliphatic carbocycles. The van der Waals surface area contributed by atoms with Crippen LogP contribution < -0.4 is 10.6 Å². The molecule has 2 aromatic heterocycles. The van der Waals surface area contributed by atoms with E-state index >= 15 is 0 Å². The molecule has 2 heterocycles. The second-order valence-electron chi connectivity index (χ2n) is 6.42. The van der Waals surface area contributed by atoms with Crippen LogP contribution in [-0.4, -0.2) is 21.8 Å². The lowest BCUT2D eigenvalue weighted by molar-refractivity contribution is 0.0953. The van der Waals surface area contributed by atoms with Gasteiger partial charge in [0, 0.05) is 31.4 Å². The van der Waals surface area contributed by atoms with E-state index in [1.807, 2.05) is 40.9 Å². The van der Waals surface area contributed by atoms with Crippen molar-refractivity contribution in [2.24, 2.45) is 0 Å². The van der Waals surface area contributed by atoms with Crippen molar-refractivity contribution in [1.29, 1.82) is 5.26 Å². The fourth-order valence-corrected chi connectivity index (χ4v) is 2.82. The number of aromatic nitrogens is 2. The highest BCUT2D eigenvalue weighted by Gasteiger charge is 2.06. The predicted octanol–water partition coefficient (Wildman–Crippen LogP) is 3.03. The second-order valence-corrected chi connectivity index (χ2v) is 6.42. The molecule has 0 aliphatic rings. The van der Waals surface area contributed by atoms with E-state index in [-0.39, 0.29) is 5.91 Å². The van der Waals surface area contributed by atoms with E-state index in [2.05, 4.69) is 28.6 Å². The van der Waals surface area contributed by atoms with E-state index in [0.717, 1.165) is 29.7 Å². The minimum absolute atomic E-state index is 0.0259. The van der Waals surface area contributed by atoms with Crippen LogP contribution in [0.1, 0.15) is 46.9 Å². The maximum atomic E-state index is 12.0. The van der Waals surface area contributed by atoms with Crippen LogP contribution in [0.4, 0.5) is 0 Å². The number of nitrogens with zero attached hydrogens (tertiary/aromatic N) is 3. The van der Waals surface area contributed by atoms with Crippen molar-refractivity contribution in [3.63, 3.8) is 0 Å². The number of hydrogen-bond donors (Lipinski definition) is 2. The van der Waals surface area contributed by atoms with Crippen LogP contribution in [0.2, 0.25) is 0 Å². The number of unbranched alkanes of at least 4 members (excludes halogenated alkanes) is 1. The minimum atomic E-state index is -0.0259. The molecule has 1 aromatic carbocycles. The number of pyridine rings is 1. The van der Waals surface area contributed by atoms with Crippen LogP contribution >= 0.6 is 0 Å². The first-order valence-corrected chi connectivity index (χ1v) is 9.15. The fourth-order valence-electron chi connectivity index (χ4n) is 2.82. The van der Waals surface area contributed by atoms with Crippen molar-refractivity contribution in [2.45, 2.75) is 32.9 Å². The lowest BCUT2D eigenvalue weighted by Gasteiger charge is -2.07. The van der Waals surface area contributed by atoms with Crippen molar-refractivity contribution >= 4 is 11.6 Å². The Balaban J connectivity index is 1.55. The summed E-state index contributed by atoms with van der Waals surface area (Å²) in [7, 11) is 0. The first-order valence-electron chi connectivity index (χ1n) is 9.15. The lowest BCUT2D eigenvalue weighted by atomic mass is 10.1. The number of amides is 1. The molecule has 0 radical (unpaired) electrons. The van der Waals surface area contributed by atoms with Crippen molar-refractivity contribution < 1.29 is 4.79 Å². The molecule has 0 aliphatic heterocycles. The molecule has 3 rings (SSSR count). The summed E-state index contributed by atoms with van der Waals surface area (Å²) in [5.41, 5.74) is 4.21. The highest BCUT2D eigenvalue weighted by atomic mass is 16.1. The van der Waals surface area contributed by atoms with Crippen molar-refractivity contribution in [1.82, 2.24) is 20.0 Å². The van der Waals surface area contributed by atoms with E-state index < -0.39 is 0 Å². The van der Waals surface area contributed by atoms with Crippen LogP contribution in [-0.2, 0) is 13.1 Å². The summed E-state index contributed by atoms with van der Waals surface area (Å²) in [6.45, 7) is 4.13. The third kappa shape index (κ3) is 4.72. The molecule has 1 amide bonds. The van der Waals surface area contributed by atoms with Gasteiger partial charge in [-0.1, -0.05) is 25.5 Å². The molecule has 138 valence electrons. The Labute approximate surface area is 158 Å². The molecule has 0 unspecified atom stereocenters. The highest BCUT2D eigenvalue weighted by molar-refractivity contribution is 5.94. The largest absolute Gasteiger partial charge is 0.352 e. The molecule has 0 saturated heterocycles. The molecule has 3 aromatic rings. The average molecular weight is 361 g/mol. The van der Waals surface area contributed by atoms with Crippen LogP contribution in [0.5, 0.6) is 0 Å². The number of benzene rings is 1.